The third-order valence-corrected chi connectivity index (χ3v) is 5.58. The van der Waals surface area contributed by atoms with Crippen molar-refractivity contribution in [3.05, 3.63) is 100 Å². The van der Waals surface area contributed by atoms with Crippen LogP contribution in [0.1, 0.15) is 43.0 Å². The Labute approximate surface area is 171 Å². The standard InChI is InChI=1S/C25H24N2O2/c1-17-7-12-23(15-18(17)2)26-24(28)20-8-10-21(11-9-20)25(29)27-14-13-19-5-3-4-6-22(19)16-27/h3-12,15H,13-14,16H2,1-2H3,(H,26,28). The van der Waals surface area contributed by atoms with Crippen LogP contribution in [-0.4, -0.2) is 23.3 Å². The molecule has 1 aliphatic heterocycles. The van der Waals surface area contributed by atoms with Gasteiger partial charge in [-0.3, -0.25) is 9.59 Å². The molecule has 3 aromatic carbocycles. The molecule has 4 heteroatoms. The van der Waals surface area contributed by atoms with Crippen LogP contribution in [0.3, 0.4) is 0 Å². The van der Waals surface area contributed by atoms with Gasteiger partial charge in [-0.05, 0) is 78.9 Å². The highest BCUT2D eigenvalue weighted by Gasteiger charge is 2.21. The van der Waals surface area contributed by atoms with E-state index in [1.807, 2.05) is 49.1 Å². The molecule has 2 amide bonds. The first-order chi connectivity index (χ1) is 14.0. The van der Waals surface area contributed by atoms with Crippen molar-refractivity contribution >= 4 is 17.5 Å². The number of aryl methyl sites for hydroxylation is 2. The minimum Gasteiger partial charge on any atom is -0.334 e. The Balaban J connectivity index is 1.44. The molecule has 0 bridgehead atoms. The largest absolute Gasteiger partial charge is 0.334 e. The molecule has 146 valence electrons. The van der Waals surface area contributed by atoms with Gasteiger partial charge in [0.05, 0.1) is 0 Å². The first-order valence-corrected chi connectivity index (χ1v) is 9.86. The van der Waals surface area contributed by atoms with Crippen molar-refractivity contribution in [1.29, 1.82) is 0 Å². The number of hydrogen-bond donors (Lipinski definition) is 1. The average Bonchev–Trinajstić information content (AvgIpc) is 2.75. The fourth-order valence-corrected chi connectivity index (χ4v) is 3.64. The van der Waals surface area contributed by atoms with Crippen LogP contribution < -0.4 is 5.32 Å². The van der Waals surface area contributed by atoms with Crippen LogP contribution in [0.2, 0.25) is 0 Å². The predicted octanol–water partition coefficient (Wildman–Crippen LogP) is 4.75. The third kappa shape index (κ3) is 4.06. The number of nitrogens with one attached hydrogen (secondary N) is 1. The molecule has 1 N–H and O–H groups in total. The summed E-state index contributed by atoms with van der Waals surface area (Å²) in [6.45, 7) is 5.40. The van der Waals surface area contributed by atoms with Crippen LogP contribution >= 0.6 is 0 Å². The minimum atomic E-state index is -0.181. The van der Waals surface area contributed by atoms with E-state index in [0.29, 0.717) is 24.2 Å². The van der Waals surface area contributed by atoms with E-state index in [2.05, 4.69) is 17.4 Å². The van der Waals surface area contributed by atoms with Gasteiger partial charge in [-0.15, -0.1) is 0 Å². The summed E-state index contributed by atoms with van der Waals surface area (Å²) in [6.07, 6.45) is 0.873. The number of nitrogens with zero attached hydrogens (tertiary/aromatic N) is 1. The summed E-state index contributed by atoms with van der Waals surface area (Å²) in [5.41, 5.74) is 6.74. The second-order valence-corrected chi connectivity index (χ2v) is 7.58. The summed E-state index contributed by atoms with van der Waals surface area (Å²) in [7, 11) is 0. The zero-order valence-corrected chi connectivity index (χ0v) is 16.7. The second-order valence-electron chi connectivity index (χ2n) is 7.58. The molecule has 0 saturated heterocycles. The van der Waals surface area contributed by atoms with E-state index in [-0.39, 0.29) is 11.8 Å². The lowest BCUT2D eigenvalue weighted by atomic mass is 9.99. The molecule has 0 radical (unpaired) electrons. The van der Waals surface area contributed by atoms with Crippen molar-refractivity contribution in [3.8, 4) is 0 Å². The summed E-state index contributed by atoms with van der Waals surface area (Å²) in [5, 5.41) is 2.92. The lowest BCUT2D eigenvalue weighted by Crippen LogP contribution is -2.35. The van der Waals surface area contributed by atoms with Crippen LogP contribution in [-0.2, 0) is 13.0 Å². The zero-order valence-electron chi connectivity index (χ0n) is 16.7. The van der Waals surface area contributed by atoms with Gasteiger partial charge in [0.15, 0.2) is 0 Å². The molecular weight excluding hydrogens is 360 g/mol. The van der Waals surface area contributed by atoms with E-state index in [1.54, 1.807) is 24.3 Å². The summed E-state index contributed by atoms with van der Waals surface area (Å²) < 4.78 is 0. The molecule has 0 unspecified atom stereocenters. The molecule has 0 spiro atoms. The molecular formula is C25H24N2O2. The number of anilines is 1. The normalized spacial score (nSPS) is 13.0. The molecule has 0 atom stereocenters. The van der Waals surface area contributed by atoms with E-state index in [1.165, 1.54) is 16.7 Å². The van der Waals surface area contributed by atoms with E-state index in [0.717, 1.165) is 17.7 Å². The van der Waals surface area contributed by atoms with Gasteiger partial charge in [0.25, 0.3) is 11.8 Å². The molecule has 0 aliphatic carbocycles. The van der Waals surface area contributed by atoms with E-state index >= 15 is 0 Å². The van der Waals surface area contributed by atoms with Gasteiger partial charge in [0, 0.05) is 29.9 Å². The third-order valence-electron chi connectivity index (χ3n) is 5.58. The summed E-state index contributed by atoms with van der Waals surface area (Å²) in [4.78, 5) is 27.3. The van der Waals surface area contributed by atoms with Crippen molar-refractivity contribution in [3.63, 3.8) is 0 Å². The number of carbonyl (C=O) groups excluding carboxylic acids is 2. The molecule has 0 aromatic heterocycles. The average molecular weight is 384 g/mol. The smallest absolute Gasteiger partial charge is 0.255 e. The number of amides is 2. The number of benzene rings is 3. The molecule has 29 heavy (non-hydrogen) atoms. The van der Waals surface area contributed by atoms with Crippen LogP contribution in [0, 0.1) is 13.8 Å². The monoisotopic (exact) mass is 384 g/mol. The van der Waals surface area contributed by atoms with E-state index < -0.39 is 0 Å². The Morgan fingerprint density at radius 1 is 0.828 bits per heavy atom. The molecule has 3 aromatic rings. The molecule has 4 nitrogen and oxygen atoms in total. The SMILES string of the molecule is Cc1ccc(NC(=O)c2ccc(C(=O)N3CCc4ccccc4C3)cc2)cc1C. The van der Waals surface area contributed by atoms with Crippen molar-refractivity contribution in [2.75, 3.05) is 11.9 Å². The first kappa shape index (κ1) is 18.9. The first-order valence-electron chi connectivity index (χ1n) is 9.86. The fraction of sp³-hybridized carbons (Fsp3) is 0.200. The fourth-order valence-electron chi connectivity index (χ4n) is 3.64. The molecule has 4 rings (SSSR count). The maximum absolute atomic E-state index is 12.9. The molecule has 1 heterocycles. The molecule has 0 fully saturated rings. The lowest BCUT2D eigenvalue weighted by molar-refractivity contribution is 0.0734. The number of rotatable bonds is 3. The predicted molar refractivity (Wildman–Crippen MR) is 115 cm³/mol. The van der Waals surface area contributed by atoms with Crippen molar-refractivity contribution in [2.24, 2.45) is 0 Å². The maximum atomic E-state index is 12.9. The highest BCUT2D eigenvalue weighted by molar-refractivity contribution is 6.05. The van der Waals surface area contributed by atoms with Crippen LogP contribution in [0.4, 0.5) is 5.69 Å². The quantitative estimate of drug-likeness (QED) is 0.708. The van der Waals surface area contributed by atoms with Crippen molar-refractivity contribution in [1.82, 2.24) is 4.90 Å². The van der Waals surface area contributed by atoms with Crippen LogP contribution in [0.15, 0.2) is 66.7 Å². The summed E-state index contributed by atoms with van der Waals surface area (Å²) in [5.74, 6) is -0.181. The van der Waals surface area contributed by atoms with Gasteiger partial charge < -0.3 is 10.2 Å². The van der Waals surface area contributed by atoms with Gasteiger partial charge in [0.1, 0.15) is 0 Å². The van der Waals surface area contributed by atoms with Crippen LogP contribution in [0.5, 0.6) is 0 Å². The number of carbonyl (C=O) groups is 2. The molecule has 0 saturated carbocycles. The van der Waals surface area contributed by atoms with E-state index in [9.17, 15) is 9.59 Å². The highest BCUT2D eigenvalue weighted by Crippen LogP contribution is 2.21. The van der Waals surface area contributed by atoms with Crippen molar-refractivity contribution < 1.29 is 9.59 Å². The lowest BCUT2D eigenvalue weighted by Gasteiger charge is -2.29. The van der Waals surface area contributed by atoms with Gasteiger partial charge in [0.2, 0.25) is 0 Å². The topological polar surface area (TPSA) is 49.4 Å². The Hall–Kier alpha value is -3.40. The zero-order chi connectivity index (χ0) is 20.4. The van der Waals surface area contributed by atoms with E-state index in [4.69, 9.17) is 0 Å². The second kappa shape index (κ2) is 7.92. The Morgan fingerprint density at radius 3 is 2.24 bits per heavy atom. The van der Waals surface area contributed by atoms with Crippen LogP contribution in [0.25, 0.3) is 0 Å². The highest BCUT2D eigenvalue weighted by atomic mass is 16.2. The maximum Gasteiger partial charge on any atom is 0.255 e. The summed E-state index contributed by atoms with van der Waals surface area (Å²) >= 11 is 0. The van der Waals surface area contributed by atoms with Gasteiger partial charge >= 0.3 is 0 Å². The van der Waals surface area contributed by atoms with Gasteiger partial charge in [-0.2, -0.15) is 0 Å². The molecule has 1 aliphatic rings. The Kier molecular flexibility index (Phi) is 5.17. The number of fused-ring (bicyclic) bond motifs is 1. The summed E-state index contributed by atoms with van der Waals surface area (Å²) in [6, 6.07) is 21.0. The number of hydrogen-bond acceptors (Lipinski definition) is 2. The Morgan fingerprint density at radius 2 is 1.52 bits per heavy atom. The Bertz CT molecular complexity index is 1070. The van der Waals surface area contributed by atoms with Gasteiger partial charge in [-0.1, -0.05) is 30.3 Å². The van der Waals surface area contributed by atoms with Crippen molar-refractivity contribution in [2.45, 2.75) is 26.8 Å². The van der Waals surface area contributed by atoms with Gasteiger partial charge in [-0.25, -0.2) is 0 Å². The minimum absolute atomic E-state index is 0.000575.